The molecule has 5 nitrogen and oxygen atoms in total. The SMILES string of the molecule is CCC(CN)c1nc(C2(OC)CCC(C)(C)CC2)no1. The third kappa shape index (κ3) is 2.88. The first kappa shape index (κ1) is 15.4. The molecule has 1 aliphatic rings. The highest BCUT2D eigenvalue weighted by Crippen LogP contribution is 2.46. The van der Waals surface area contributed by atoms with Gasteiger partial charge in [-0.3, -0.25) is 0 Å². The van der Waals surface area contributed by atoms with Gasteiger partial charge in [-0.05, 0) is 37.5 Å². The molecule has 0 aromatic carbocycles. The van der Waals surface area contributed by atoms with Gasteiger partial charge in [0.25, 0.3) is 0 Å². The highest BCUT2D eigenvalue weighted by molar-refractivity contribution is 5.06. The van der Waals surface area contributed by atoms with Crippen LogP contribution in [-0.4, -0.2) is 23.8 Å². The van der Waals surface area contributed by atoms with Crippen LogP contribution in [0.25, 0.3) is 0 Å². The van der Waals surface area contributed by atoms with E-state index in [0.29, 0.717) is 23.7 Å². The van der Waals surface area contributed by atoms with Crippen LogP contribution in [0.15, 0.2) is 4.52 Å². The zero-order chi connectivity index (χ0) is 14.8. The first-order valence-electron chi connectivity index (χ1n) is 7.55. The summed E-state index contributed by atoms with van der Waals surface area (Å²) in [5.74, 6) is 1.48. The van der Waals surface area contributed by atoms with Gasteiger partial charge in [0.05, 0.1) is 5.92 Å². The number of hydrogen-bond donors (Lipinski definition) is 1. The summed E-state index contributed by atoms with van der Waals surface area (Å²) in [5.41, 5.74) is 5.73. The molecule has 0 radical (unpaired) electrons. The minimum Gasteiger partial charge on any atom is -0.370 e. The lowest BCUT2D eigenvalue weighted by Crippen LogP contribution is -2.37. The molecular weight excluding hydrogens is 254 g/mol. The fourth-order valence-electron chi connectivity index (χ4n) is 2.88. The minimum atomic E-state index is -0.385. The summed E-state index contributed by atoms with van der Waals surface area (Å²) < 4.78 is 11.2. The maximum absolute atomic E-state index is 5.80. The molecule has 1 unspecified atom stereocenters. The van der Waals surface area contributed by atoms with Gasteiger partial charge in [0.1, 0.15) is 5.60 Å². The van der Waals surface area contributed by atoms with Crippen LogP contribution < -0.4 is 5.73 Å². The largest absolute Gasteiger partial charge is 0.370 e. The molecule has 1 aromatic rings. The monoisotopic (exact) mass is 281 g/mol. The van der Waals surface area contributed by atoms with Crippen LogP contribution in [0.4, 0.5) is 0 Å². The van der Waals surface area contributed by atoms with E-state index in [9.17, 15) is 0 Å². The van der Waals surface area contributed by atoms with Crippen molar-refractivity contribution >= 4 is 0 Å². The predicted molar refractivity (Wildman–Crippen MR) is 77.3 cm³/mol. The van der Waals surface area contributed by atoms with Crippen molar-refractivity contribution in [1.82, 2.24) is 10.1 Å². The lowest BCUT2D eigenvalue weighted by molar-refractivity contribution is -0.0740. The number of aromatic nitrogens is 2. The van der Waals surface area contributed by atoms with Crippen molar-refractivity contribution in [2.24, 2.45) is 11.1 Å². The van der Waals surface area contributed by atoms with Crippen LogP contribution in [0, 0.1) is 5.41 Å². The van der Waals surface area contributed by atoms with E-state index in [-0.39, 0.29) is 11.5 Å². The smallest absolute Gasteiger partial charge is 0.231 e. The highest BCUT2D eigenvalue weighted by atomic mass is 16.5. The Bertz CT molecular complexity index is 428. The first-order chi connectivity index (χ1) is 9.46. The van der Waals surface area contributed by atoms with Crippen molar-refractivity contribution in [2.45, 2.75) is 64.4 Å². The van der Waals surface area contributed by atoms with Crippen molar-refractivity contribution in [1.29, 1.82) is 0 Å². The standard InChI is InChI=1S/C15H27N3O2/c1-5-11(10-16)12-17-13(18-20-12)15(19-4)8-6-14(2,3)7-9-15/h11H,5-10,16H2,1-4H3. The molecule has 1 saturated carbocycles. The van der Waals surface area contributed by atoms with Crippen molar-refractivity contribution < 1.29 is 9.26 Å². The summed E-state index contributed by atoms with van der Waals surface area (Å²) in [6.45, 7) is 7.22. The molecule has 20 heavy (non-hydrogen) atoms. The Hall–Kier alpha value is -0.940. The molecule has 1 aliphatic carbocycles. The van der Waals surface area contributed by atoms with Gasteiger partial charge in [-0.2, -0.15) is 4.98 Å². The van der Waals surface area contributed by atoms with Crippen molar-refractivity contribution in [3.63, 3.8) is 0 Å². The molecule has 114 valence electrons. The molecule has 0 bridgehead atoms. The van der Waals surface area contributed by atoms with Gasteiger partial charge in [-0.25, -0.2) is 0 Å². The predicted octanol–water partition coefficient (Wildman–Crippen LogP) is 2.96. The fourth-order valence-corrected chi connectivity index (χ4v) is 2.88. The lowest BCUT2D eigenvalue weighted by atomic mass is 9.70. The molecule has 0 amide bonds. The van der Waals surface area contributed by atoms with E-state index in [1.165, 1.54) is 0 Å². The summed E-state index contributed by atoms with van der Waals surface area (Å²) in [7, 11) is 1.74. The first-order valence-corrected chi connectivity index (χ1v) is 7.55. The molecular formula is C15H27N3O2. The summed E-state index contributed by atoms with van der Waals surface area (Å²) in [6.07, 6.45) is 5.01. The Morgan fingerprint density at radius 3 is 2.45 bits per heavy atom. The maximum Gasteiger partial charge on any atom is 0.231 e. The van der Waals surface area contributed by atoms with E-state index in [0.717, 1.165) is 32.1 Å². The Morgan fingerprint density at radius 2 is 1.95 bits per heavy atom. The Labute approximate surface area is 121 Å². The number of methoxy groups -OCH3 is 1. The fraction of sp³-hybridized carbons (Fsp3) is 0.867. The summed E-state index contributed by atoms with van der Waals surface area (Å²) in [5, 5.41) is 4.18. The van der Waals surface area contributed by atoms with Crippen molar-refractivity contribution in [2.75, 3.05) is 13.7 Å². The molecule has 1 heterocycles. The second-order valence-electron chi connectivity index (χ2n) is 6.66. The molecule has 1 fully saturated rings. The Kier molecular flexibility index (Phi) is 4.49. The van der Waals surface area contributed by atoms with E-state index in [1.54, 1.807) is 7.11 Å². The highest BCUT2D eigenvalue weighted by Gasteiger charge is 2.43. The maximum atomic E-state index is 5.80. The van der Waals surface area contributed by atoms with E-state index in [1.807, 2.05) is 0 Å². The van der Waals surface area contributed by atoms with Gasteiger partial charge in [0, 0.05) is 13.7 Å². The van der Waals surface area contributed by atoms with Crippen LogP contribution in [0.3, 0.4) is 0 Å². The Morgan fingerprint density at radius 1 is 1.30 bits per heavy atom. The summed E-state index contributed by atoms with van der Waals surface area (Å²) >= 11 is 0. The quantitative estimate of drug-likeness (QED) is 0.898. The second-order valence-corrected chi connectivity index (χ2v) is 6.66. The van der Waals surface area contributed by atoms with Crippen LogP contribution in [-0.2, 0) is 10.3 Å². The van der Waals surface area contributed by atoms with Crippen molar-refractivity contribution in [3.8, 4) is 0 Å². The Balaban J connectivity index is 2.20. The summed E-state index contributed by atoms with van der Waals surface area (Å²) in [4.78, 5) is 4.58. The number of nitrogens with two attached hydrogens (primary N) is 1. The van der Waals surface area contributed by atoms with E-state index in [2.05, 4.69) is 30.9 Å². The van der Waals surface area contributed by atoms with E-state index >= 15 is 0 Å². The molecule has 5 heteroatoms. The van der Waals surface area contributed by atoms with Gasteiger partial charge in [-0.1, -0.05) is 25.9 Å². The zero-order valence-corrected chi connectivity index (χ0v) is 13.1. The van der Waals surface area contributed by atoms with Crippen LogP contribution >= 0.6 is 0 Å². The number of nitrogens with zero attached hydrogens (tertiary/aromatic N) is 2. The molecule has 0 saturated heterocycles. The topological polar surface area (TPSA) is 74.2 Å². The molecule has 0 aliphatic heterocycles. The normalized spacial score (nSPS) is 22.6. The van der Waals surface area contributed by atoms with Gasteiger partial charge in [-0.15, -0.1) is 0 Å². The van der Waals surface area contributed by atoms with Crippen LogP contribution in [0.2, 0.25) is 0 Å². The third-order valence-electron chi connectivity index (χ3n) is 4.78. The van der Waals surface area contributed by atoms with Crippen LogP contribution in [0.5, 0.6) is 0 Å². The van der Waals surface area contributed by atoms with Gasteiger partial charge >= 0.3 is 0 Å². The van der Waals surface area contributed by atoms with Crippen LogP contribution in [0.1, 0.15) is 70.5 Å². The molecule has 1 atom stereocenters. The molecule has 2 rings (SSSR count). The molecule has 2 N–H and O–H groups in total. The van der Waals surface area contributed by atoms with Gasteiger partial charge < -0.3 is 15.0 Å². The third-order valence-corrected chi connectivity index (χ3v) is 4.78. The number of ether oxygens (including phenoxy) is 1. The lowest BCUT2D eigenvalue weighted by Gasteiger charge is -2.40. The number of rotatable bonds is 5. The van der Waals surface area contributed by atoms with E-state index in [4.69, 9.17) is 15.0 Å². The molecule has 1 aromatic heterocycles. The van der Waals surface area contributed by atoms with Gasteiger partial charge in [0.2, 0.25) is 11.7 Å². The van der Waals surface area contributed by atoms with Gasteiger partial charge in [0.15, 0.2) is 0 Å². The average Bonchev–Trinajstić information content (AvgIpc) is 2.91. The van der Waals surface area contributed by atoms with E-state index < -0.39 is 0 Å². The summed E-state index contributed by atoms with van der Waals surface area (Å²) in [6, 6.07) is 0. The number of hydrogen-bond acceptors (Lipinski definition) is 5. The second kappa shape index (κ2) is 5.82. The van der Waals surface area contributed by atoms with Crippen molar-refractivity contribution in [3.05, 3.63) is 11.7 Å². The minimum absolute atomic E-state index is 0.144. The average molecular weight is 281 g/mol. The molecule has 0 spiro atoms. The zero-order valence-electron chi connectivity index (χ0n) is 13.1.